The molecule has 1 aliphatic heterocycles. The van der Waals surface area contributed by atoms with Gasteiger partial charge in [0.2, 0.25) is 0 Å². The van der Waals surface area contributed by atoms with Crippen molar-refractivity contribution in [1.82, 2.24) is 4.90 Å². The normalized spacial score (nSPS) is 18.3. The number of hydrogen-bond acceptors (Lipinski definition) is 5. The average Bonchev–Trinajstić information content (AvgIpc) is 3.21. The average molecular weight is 472 g/mol. The van der Waals surface area contributed by atoms with E-state index in [1.807, 2.05) is 44.4 Å². The Morgan fingerprint density at radius 2 is 1.61 bits per heavy atom. The van der Waals surface area contributed by atoms with Crippen LogP contribution >= 0.6 is 11.8 Å². The lowest BCUT2D eigenvalue weighted by Gasteiger charge is -2.26. The van der Waals surface area contributed by atoms with Crippen LogP contribution in [-0.4, -0.2) is 57.9 Å². The highest BCUT2D eigenvalue weighted by Crippen LogP contribution is 2.39. The zero-order valence-electron chi connectivity index (χ0n) is 19.4. The molecule has 176 valence electrons. The van der Waals surface area contributed by atoms with Crippen LogP contribution in [0.25, 0.3) is 0 Å². The highest BCUT2D eigenvalue weighted by molar-refractivity contribution is 7.98. The summed E-state index contributed by atoms with van der Waals surface area (Å²) in [4.78, 5) is 38.9. The predicted molar refractivity (Wildman–Crippen MR) is 127 cm³/mol. The molecule has 33 heavy (non-hydrogen) atoms. The van der Waals surface area contributed by atoms with Crippen LogP contribution in [0, 0.1) is 19.8 Å². The number of benzene rings is 2. The molecule has 3 rings (SSSR count). The Kier molecular flexibility index (Phi) is 7.07. The van der Waals surface area contributed by atoms with Gasteiger partial charge in [0.05, 0.1) is 0 Å². The third-order valence-electron chi connectivity index (χ3n) is 6.08. The molecule has 1 aliphatic rings. The molecule has 8 heteroatoms. The highest BCUT2D eigenvalue weighted by Gasteiger charge is 2.41. The van der Waals surface area contributed by atoms with E-state index in [0.717, 1.165) is 21.6 Å². The van der Waals surface area contributed by atoms with Crippen molar-refractivity contribution in [2.75, 3.05) is 19.3 Å². The van der Waals surface area contributed by atoms with Crippen LogP contribution in [-0.2, 0) is 4.79 Å². The molecule has 1 saturated heterocycles. The summed E-state index contributed by atoms with van der Waals surface area (Å²) in [7, 11) is 0. The van der Waals surface area contributed by atoms with Crippen molar-refractivity contribution < 1.29 is 29.3 Å². The lowest BCUT2D eigenvalue weighted by Crippen LogP contribution is -2.38. The summed E-state index contributed by atoms with van der Waals surface area (Å²) in [5.41, 5.74) is 1.48. The Bertz CT molecular complexity index is 1060. The van der Waals surface area contributed by atoms with Crippen molar-refractivity contribution in [3.8, 4) is 5.75 Å². The van der Waals surface area contributed by atoms with Gasteiger partial charge in [-0.05, 0) is 62.8 Å². The molecule has 2 N–H and O–H groups in total. The van der Waals surface area contributed by atoms with Crippen molar-refractivity contribution in [3.05, 3.63) is 58.7 Å². The van der Waals surface area contributed by atoms with Crippen molar-refractivity contribution in [3.63, 3.8) is 0 Å². The van der Waals surface area contributed by atoms with Gasteiger partial charge >= 0.3 is 12.1 Å². The summed E-state index contributed by atoms with van der Waals surface area (Å²) in [5, 5.41) is 19.0. The van der Waals surface area contributed by atoms with Crippen LogP contribution in [0.4, 0.5) is 4.79 Å². The molecular weight excluding hydrogens is 442 g/mol. The van der Waals surface area contributed by atoms with Gasteiger partial charge in [-0.2, -0.15) is 0 Å². The molecule has 0 aliphatic carbocycles. The third kappa shape index (κ3) is 5.16. The first-order valence-electron chi connectivity index (χ1n) is 10.6. The molecule has 2 unspecified atom stereocenters. The van der Waals surface area contributed by atoms with Crippen LogP contribution in [0.2, 0.25) is 0 Å². The number of carboxylic acid groups (broad SMARTS) is 2. The standard InChI is InChI=1S/C25H29NO6S/c1-14-10-17(11-15(2)22(14)32-25(3,4)23(28)29)19-12-26(24(30)31)13-20(19)21(27)16-6-8-18(33-5)9-7-16/h6-11,19-20H,12-13H2,1-5H3,(H,28,29)(H,30,31). The number of likely N-dealkylation sites (tertiary alicyclic amines) is 1. The molecule has 1 fully saturated rings. The molecule has 2 atom stereocenters. The lowest BCUT2D eigenvalue weighted by molar-refractivity contribution is -0.152. The van der Waals surface area contributed by atoms with Gasteiger partial charge in [-0.15, -0.1) is 11.8 Å². The number of ether oxygens (including phenoxy) is 1. The predicted octanol–water partition coefficient (Wildman–Crippen LogP) is 4.84. The summed E-state index contributed by atoms with van der Waals surface area (Å²) in [6, 6.07) is 11.1. The smallest absolute Gasteiger partial charge is 0.407 e. The monoisotopic (exact) mass is 471 g/mol. The molecular formula is C25H29NO6S. The minimum atomic E-state index is -1.40. The second-order valence-electron chi connectivity index (χ2n) is 8.89. The van der Waals surface area contributed by atoms with E-state index in [1.54, 1.807) is 23.9 Å². The Balaban J connectivity index is 1.96. The topological polar surface area (TPSA) is 104 Å². The number of nitrogens with zero attached hydrogens (tertiary/aromatic N) is 1. The van der Waals surface area contributed by atoms with E-state index in [0.29, 0.717) is 11.3 Å². The molecule has 0 aromatic heterocycles. The zero-order valence-corrected chi connectivity index (χ0v) is 20.2. The van der Waals surface area contributed by atoms with Crippen molar-refractivity contribution in [1.29, 1.82) is 0 Å². The molecule has 7 nitrogen and oxygen atoms in total. The van der Waals surface area contributed by atoms with Crippen LogP contribution in [0.1, 0.15) is 46.8 Å². The Hall–Kier alpha value is -3.00. The first-order valence-corrected chi connectivity index (χ1v) is 11.9. The van der Waals surface area contributed by atoms with E-state index in [1.165, 1.54) is 18.7 Å². The quantitative estimate of drug-likeness (QED) is 0.440. The highest BCUT2D eigenvalue weighted by atomic mass is 32.2. The molecule has 2 aromatic carbocycles. The number of carbonyl (C=O) groups excluding carboxylic acids is 1. The van der Waals surface area contributed by atoms with Crippen LogP contribution < -0.4 is 4.74 Å². The van der Waals surface area contributed by atoms with Gasteiger partial charge in [-0.25, -0.2) is 9.59 Å². The fourth-order valence-corrected chi connectivity index (χ4v) is 4.60. The molecule has 0 radical (unpaired) electrons. The summed E-state index contributed by atoms with van der Waals surface area (Å²) in [6.45, 7) is 6.97. The Morgan fingerprint density at radius 1 is 1.03 bits per heavy atom. The lowest BCUT2D eigenvalue weighted by atomic mass is 9.82. The van der Waals surface area contributed by atoms with Crippen LogP contribution in [0.3, 0.4) is 0 Å². The second-order valence-corrected chi connectivity index (χ2v) is 9.77. The first-order chi connectivity index (χ1) is 15.4. The minimum absolute atomic E-state index is 0.0842. The van der Waals surface area contributed by atoms with Gasteiger partial charge in [0, 0.05) is 35.4 Å². The van der Waals surface area contributed by atoms with E-state index in [4.69, 9.17) is 4.74 Å². The molecule has 1 heterocycles. The fourth-order valence-electron chi connectivity index (χ4n) is 4.19. The number of amides is 1. The molecule has 0 spiro atoms. The van der Waals surface area contributed by atoms with Crippen LogP contribution in [0.5, 0.6) is 5.75 Å². The minimum Gasteiger partial charge on any atom is -0.478 e. The zero-order chi connectivity index (χ0) is 24.5. The number of rotatable bonds is 7. The Labute approximate surface area is 197 Å². The van der Waals surface area contributed by atoms with Crippen molar-refractivity contribution >= 4 is 29.6 Å². The van der Waals surface area contributed by atoms with Gasteiger partial charge in [-0.1, -0.05) is 24.3 Å². The summed E-state index contributed by atoms with van der Waals surface area (Å²) in [6.07, 6.45) is 0.911. The number of hydrogen-bond donors (Lipinski definition) is 2. The number of aryl methyl sites for hydroxylation is 2. The van der Waals surface area contributed by atoms with Gasteiger partial charge in [0.1, 0.15) is 5.75 Å². The van der Waals surface area contributed by atoms with E-state index in [-0.39, 0.29) is 24.8 Å². The summed E-state index contributed by atoms with van der Waals surface area (Å²) in [5.74, 6) is -1.50. The van der Waals surface area contributed by atoms with Crippen LogP contribution in [0.15, 0.2) is 41.3 Å². The number of ketones is 1. The SMILES string of the molecule is CSc1ccc(C(=O)C2CN(C(=O)O)CC2c2cc(C)c(OC(C)(C)C(=O)O)c(C)c2)cc1. The first kappa shape index (κ1) is 24.6. The summed E-state index contributed by atoms with van der Waals surface area (Å²) >= 11 is 1.59. The maximum atomic E-state index is 13.4. The molecule has 1 amide bonds. The summed E-state index contributed by atoms with van der Waals surface area (Å²) < 4.78 is 5.79. The van der Waals surface area contributed by atoms with Gasteiger partial charge in [0.25, 0.3) is 0 Å². The fraction of sp³-hybridized carbons (Fsp3) is 0.400. The number of aliphatic carboxylic acids is 1. The number of carbonyl (C=O) groups is 3. The van der Waals surface area contributed by atoms with E-state index >= 15 is 0 Å². The van der Waals surface area contributed by atoms with E-state index < -0.39 is 23.6 Å². The maximum Gasteiger partial charge on any atom is 0.407 e. The number of thioether (sulfide) groups is 1. The Morgan fingerprint density at radius 3 is 2.09 bits per heavy atom. The molecule has 0 saturated carbocycles. The maximum absolute atomic E-state index is 13.4. The van der Waals surface area contributed by atoms with Crippen molar-refractivity contribution in [2.45, 2.75) is 44.1 Å². The van der Waals surface area contributed by atoms with Gasteiger partial charge < -0.3 is 19.8 Å². The molecule has 2 aromatic rings. The number of Topliss-reactive ketones (excluding diaryl/α,β-unsaturated/α-hetero) is 1. The second kappa shape index (κ2) is 9.47. The van der Waals surface area contributed by atoms with E-state index in [2.05, 4.69) is 0 Å². The van der Waals surface area contributed by atoms with E-state index in [9.17, 15) is 24.6 Å². The largest absolute Gasteiger partial charge is 0.478 e. The van der Waals surface area contributed by atoms with Gasteiger partial charge in [0.15, 0.2) is 11.4 Å². The van der Waals surface area contributed by atoms with Crippen molar-refractivity contribution in [2.24, 2.45) is 5.92 Å². The number of carboxylic acids is 1. The third-order valence-corrected chi connectivity index (χ3v) is 6.83. The van der Waals surface area contributed by atoms with Gasteiger partial charge in [-0.3, -0.25) is 4.79 Å². The molecule has 0 bridgehead atoms.